The summed E-state index contributed by atoms with van der Waals surface area (Å²) >= 11 is 0. The van der Waals surface area contributed by atoms with Gasteiger partial charge in [0, 0.05) is 6.54 Å². The SMILES string of the molecule is CC(C)c1ccc(C(O)CN(C)CCCN(C)C)cc1. The highest BCUT2D eigenvalue weighted by molar-refractivity contribution is 5.26. The molecule has 0 spiro atoms. The third-order valence-corrected chi connectivity index (χ3v) is 3.62. The van der Waals surface area contributed by atoms with E-state index in [0.717, 1.165) is 25.1 Å². The van der Waals surface area contributed by atoms with Gasteiger partial charge in [0.2, 0.25) is 0 Å². The molecule has 0 amide bonds. The van der Waals surface area contributed by atoms with Crippen LogP contribution in [0.5, 0.6) is 0 Å². The second-order valence-electron chi connectivity index (χ2n) is 6.26. The maximum absolute atomic E-state index is 10.3. The zero-order valence-electron chi connectivity index (χ0n) is 13.6. The average Bonchev–Trinajstić information content (AvgIpc) is 2.38. The molecule has 0 aliphatic heterocycles. The molecule has 114 valence electrons. The summed E-state index contributed by atoms with van der Waals surface area (Å²) in [5.74, 6) is 0.537. The molecule has 20 heavy (non-hydrogen) atoms. The molecule has 0 aliphatic carbocycles. The molecule has 1 N–H and O–H groups in total. The maximum Gasteiger partial charge on any atom is 0.0916 e. The highest BCUT2D eigenvalue weighted by Gasteiger charge is 2.11. The second-order valence-corrected chi connectivity index (χ2v) is 6.26. The first-order chi connectivity index (χ1) is 9.40. The zero-order chi connectivity index (χ0) is 15.1. The van der Waals surface area contributed by atoms with E-state index < -0.39 is 6.10 Å². The Bertz CT molecular complexity index is 373. The first-order valence-electron chi connectivity index (χ1n) is 7.51. The molecule has 1 aromatic rings. The lowest BCUT2D eigenvalue weighted by molar-refractivity contribution is 0.125. The standard InChI is InChI=1S/C17H30N2O/c1-14(2)15-7-9-16(10-8-15)17(20)13-19(5)12-6-11-18(3)4/h7-10,14,17,20H,6,11-13H2,1-5H3. The fourth-order valence-corrected chi connectivity index (χ4v) is 2.25. The third-order valence-electron chi connectivity index (χ3n) is 3.62. The Hall–Kier alpha value is -0.900. The molecule has 1 aromatic carbocycles. The van der Waals surface area contributed by atoms with Gasteiger partial charge in [-0.2, -0.15) is 0 Å². The molecular weight excluding hydrogens is 248 g/mol. The van der Waals surface area contributed by atoms with Crippen molar-refractivity contribution in [3.8, 4) is 0 Å². The van der Waals surface area contributed by atoms with E-state index in [2.05, 4.69) is 56.9 Å². The first kappa shape index (κ1) is 17.2. The molecule has 3 heteroatoms. The molecule has 0 fully saturated rings. The molecule has 0 bridgehead atoms. The van der Waals surface area contributed by atoms with Crippen molar-refractivity contribution in [3.05, 3.63) is 35.4 Å². The van der Waals surface area contributed by atoms with Gasteiger partial charge in [0.25, 0.3) is 0 Å². The number of aliphatic hydroxyl groups is 1. The quantitative estimate of drug-likeness (QED) is 0.792. The van der Waals surface area contributed by atoms with Crippen molar-refractivity contribution in [1.82, 2.24) is 9.80 Å². The summed E-state index contributed by atoms with van der Waals surface area (Å²) in [5, 5.41) is 10.3. The Labute approximate surface area is 124 Å². The summed E-state index contributed by atoms with van der Waals surface area (Å²) in [4.78, 5) is 4.39. The predicted molar refractivity (Wildman–Crippen MR) is 86.2 cm³/mol. The van der Waals surface area contributed by atoms with Gasteiger partial charge in [0.1, 0.15) is 0 Å². The minimum atomic E-state index is -0.402. The van der Waals surface area contributed by atoms with Gasteiger partial charge >= 0.3 is 0 Å². The van der Waals surface area contributed by atoms with E-state index in [1.165, 1.54) is 5.56 Å². The van der Waals surface area contributed by atoms with E-state index in [0.29, 0.717) is 12.5 Å². The van der Waals surface area contributed by atoms with Crippen molar-refractivity contribution >= 4 is 0 Å². The molecule has 0 heterocycles. The topological polar surface area (TPSA) is 26.7 Å². The number of aliphatic hydroxyl groups excluding tert-OH is 1. The Morgan fingerprint density at radius 3 is 2.00 bits per heavy atom. The molecule has 0 radical (unpaired) electrons. The average molecular weight is 278 g/mol. The van der Waals surface area contributed by atoms with Crippen LogP contribution in [-0.2, 0) is 0 Å². The highest BCUT2D eigenvalue weighted by atomic mass is 16.3. The summed E-state index contributed by atoms with van der Waals surface area (Å²) in [5.41, 5.74) is 2.33. The van der Waals surface area contributed by atoms with Crippen molar-refractivity contribution in [2.45, 2.75) is 32.3 Å². The first-order valence-corrected chi connectivity index (χ1v) is 7.51. The molecular formula is C17H30N2O. The van der Waals surface area contributed by atoms with Crippen LogP contribution in [0.2, 0.25) is 0 Å². The summed E-state index contributed by atoms with van der Waals surface area (Å²) in [7, 11) is 6.25. The second kappa shape index (κ2) is 8.40. The van der Waals surface area contributed by atoms with Crippen molar-refractivity contribution in [2.24, 2.45) is 0 Å². The minimum Gasteiger partial charge on any atom is -0.387 e. The monoisotopic (exact) mass is 278 g/mol. The van der Waals surface area contributed by atoms with Crippen molar-refractivity contribution in [3.63, 3.8) is 0 Å². The van der Waals surface area contributed by atoms with Crippen molar-refractivity contribution in [2.75, 3.05) is 40.8 Å². The molecule has 0 saturated carbocycles. The molecule has 1 rings (SSSR count). The smallest absolute Gasteiger partial charge is 0.0916 e. The maximum atomic E-state index is 10.3. The number of hydrogen-bond acceptors (Lipinski definition) is 3. The lowest BCUT2D eigenvalue weighted by Gasteiger charge is -2.22. The van der Waals surface area contributed by atoms with E-state index >= 15 is 0 Å². The number of likely N-dealkylation sites (N-methyl/N-ethyl adjacent to an activating group) is 1. The molecule has 1 atom stereocenters. The zero-order valence-corrected chi connectivity index (χ0v) is 13.6. The highest BCUT2D eigenvalue weighted by Crippen LogP contribution is 2.19. The van der Waals surface area contributed by atoms with Crippen molar-refractivity contribution in [1.29, 1.82) is 0 Å². The van der Waals surface area contributed by atoms with E-state index in [1.54, 1.807) is 0 Å². The van der Waals surface area contributed by atoms with E-state index in [1.807, 2.05) is 12.1 Å². The number of rotatable bonds is 8. The van der Waals surface area contributed by atoms with Crippen LogP contribution in [0.4, 0.5) is 0 Å². The van der Waals surface area contributed by atoms with Crippen LogP contribution in [0, 0.1) is 0 Å². The van der Waals surface area contributed by atoms with Crippen LogP contribution in [0.25, 0.3) is 0 Å². The van der Waals surface area contributed by atoms with Gasteiger partial charge in [0.05, 0.1) is 6.10 Å². The molecule has 0 aromatic heterocycles. The van der Waals surface area contributed by atoms with E-state index in [-0.39, 0.29) is 0 Å². The normalized spacial score (nSPS) is 13.4. The summed E-state index contributed by atoms with van der Waals surface area (Å²) in [6, 6.07) is 8.34. The van der Waals surface area contributed by atoms with Gasteiger partial charge in [0.15, 0.2) is 0 Å². The Balaban J connectivity index is 2.43. The number of nitrogens with zero attached hydrogens (tertiary/aromatic N) is 2. The van der Waals surface area contributed by atoms with Gasteiger partial charge in [-0.15, -0.1) is 0 Å². The Kier molecular flexibility index (Phi) is 7.20. The lowest BCUT2D eigenvalue weighted by atomic mass is 10.00. The molecule has 1 unspecified atom stereocenters. The minimum absolute atomic E-state index is 0.402. The molecule has 3 nitrogen and oxygen atoms in total. The molecule has 0 aliphatic rings. The largest absolute Gasteiger partial charge is 0.387 e. The third kappa shape index (κ3) is 6.04. The fraction of sp³-hybridized carbons (Fsp3) is 0.647. The fourth-order valence-electron chi connectivity index (χ4n) is 2.25. The predicted octanol–water partition coefficient (Wildman–Crippen LogP) is 2.73. The lowest BCUT2D eigenvalue weighted by Crippen LogP contribution is -2.27. The van der Waals surface area contributed by atoms with Gasteiger partial charge in [-0.1, -0.05) is 38.1 Å². The van der Waals surface area contributed by atoms with Gasteiger partial charge in [-0.3, -0.25) is 0 Å². The van der Waals surface area contributed by atoms with Crippen LogP contribution in [0.3, 0.4) is 0 Å². The Morgan fingerprint density at radius 1 is 0.950 bits per heavy atom. The van der Waals surface area contributed by atoms with E-state index in [9.17, 15) is 5.11 Å². The summed E-state index contributed by atoms with van der Waals surface area (Å²) in [6.07, 6.45) is 0.725. The van der Waals surface area contributed by atoms with Crippen LogP contribution in [0.1, 0.15) is 43.4 Å². The Morgan fingerprint density at radius 2 is 1.50 bits per heavy atom. The summed E-state index contributed by atoms with van der Waals surface area (Å²) in [6.45, 7) is 7.16. The number of benzene rings is 1. The van der Waals surface area contributed by atoms with Crippen LogP contribution in [0.15, 0.2) is 24.3 Å². The van der Waals surface area contributed by atoms with Crippen LogP contribution >= 0.6 is 0 Å². The van der Waals surface area contributed by atoms with Crippen LogP contribution < -0.4 is 0 Å². The number of hydrogen-bond donors (Lipinski definition) is 1. The molecule has 0 saturated heterocycles. The van der Waals surface area contributed by atoms with Crippen molar-refractivity contribution < 1.29 is 5.11 Å². The van der Waals surface area contributed by atoms with Gasteiger partial charge in [-0.05, 0) is 57.7 Å². The summed E-state index contributed by atoms with van der Waals surface area (Å²) < 4.78 is 0. The van der Waals surface area contributed by atoms with Gasteiger partial charge < -0.3 is 14.9 Å². The van der Waals surface area contributed by atoms with Gasteiger partial charge in [-0.25, -0.2) is 0 Å². The van der Waals surface area contributed by atoms with E-state index in [4.69, 9.17) is 0 Å². The van der Waals surface area contributed by atoms with Crippen LogP contribution in [-0.4, -0.2) is 55.7 Å².